The first-order valence-corrected chi connectivity index (χ1v) is 8.63. The van der Waals surface area contributed by atoms with E-state index in [1.165, 1.54) is 0 Å². The van der Waals surface area contributed by atoms with Gasteiger partial charge in [0.15, 0.2) is 6.61 Å². The lowest BCUT2D eigenvalue weighted by atomic mass is 10.0. The molecule has 0 fully saturated rings. The van der Waals surface area contributed by atoms with Crippen molar-refractivity contribution in [1.29, 1.82) is 5.26 Å². The molecule has 5 nitrogen and oxygen atoms in total. The summed E-state index contributed by atoms with van der Waals surface area (Å²) in [5, 5.41) is 18.2. The number of rotatable bonds is 6. The number of nitrogens with zero attached hydrogens (tertiary/aromatic N) is 1. The van der Waals surface area contributed by atoms with E-state index in [0.717, 1.165) is 11.1 Å². The molecule has 0 radical (unpaired) electrons. The molecule has 2 rings (SSSR count). The van der Waals surface area contributed by atoms with Crippen molar-refractivity contribution in [3.8, 4) is 17.6 Å². The van der Waals surface area contributed by atoms with Crippen LogP contribution in [0.3, 0.4) is 0 Å². The first-order valence-electron chi connectivity index (χ1n) is 7.04. The summed E-state index contributed by atoms with van der Waals surface area (Å²) in [6, 6.07) is 12.9. The van der Waals surface area contributed by atoms with Crippen molar-refractivity contribution >= 4 is 49.5 Å². The minimum Gasteiger partial charge on any atom is -0.497 e. The van der Waals surface area contributed by atoms with Crippen LogP contribution in [0.5, 0.6) is 11.5 Å². The average molecular weight is 467 g/mol. The number of ether oxygens (including phenoxy) is 2. The van der Waals surface area contributed by atoms with E-state index in [1.807, 2.05) is 12.1 Å². The summed E-state index contributed by atoms with van der Waals surface area (Å²) in [6.45, 7) is -0.443. The molecule has 0 saturated heterocycles. The van der Waals surface area contributed by atoms with Gasteiger partial charge >= 0.3 is 5.97 Å². The smallest absolute Gasteiger partial charge is 0.341 e. The van der Waals surface area contributed by atoms with Gasteiger partial charge in [0.25, 0.3) is 0 Å². The predicted molar refractivity (Wildman–Crippen MR) is 101 cm³/mol. The number of aliphatic carboxylic acids is 1. The maximum absolute atomic E-state index is 10.6. The summed E-state index contributed by atoms with van der Waals surface area (Å²) in [6.07, 6.45) is 1.73. The molecule has 0 aliphatic heterocycles. The van der Waals surface area contributed by atoms with E-state index in [9.17, 15) is 10.1 Å². The number of halogens is 2. The summed E-state index contributed by atoms with van der Waals surface area (Å²) in [7, 11) is 1.58. The number of carboxylic acids is 1. The summed E-state index contributed by atoms with van der Waals surface area (Å²) in [5.74, 6) is 0.0445. The fourth-order valence-electron chi connectivity index (χ4n) is 2.05. The molecule has 2 aromatic carbocycles. The minimum atomic E-state index is -1.06. The number of allylic oxidation sites excluding steroid dienone is 1. The second kappa shape index (κ2) is 8.70. The number of nitriles is 1. The Morgan fingerprint density at radius 3 is 2.32 bits per heavy atom. The topological polar surface area (TPSA) is 79.5 Å². The molecule has 0 amide bonds. The largest absolute Gasteiger partial charge is 0.497 e. The molecule has 128 valence electrons. The Hall–Kier alpha value is -2.30. The van der Waals surface area contributed by atoms with Crippen LogP contribution in [0.4, 0.5) is 0 Å². The number of carbonyl (C=O) groups is 1. The minimum absolute atomic E-state index is 0.391. The van der Waals surface area contributed by atoms with Gasteiger partial charge in [-0.15, -0.1) is 0 Å². The molecule has 0 saturated carbocycles. The lowest BCUT2D eigenvalue weighted by Gasteiger charge is -2.10. The number of methoxy groups -OCH3 is 1. The van der Waals surface area contributed by atoms with Crippen LogP contribution in [0.15, 0.2) is 45.3 Å². The first kappa shape index (κ1) is 19.0. The molecule has 7 heteroatoms. The highest BCUT2D eigenvalue weighted by Crippen LogP contribution is 2.36. The van der Waals surface area contributed by atoms with Crippen LogP contribution < -0.4 is 9.47 Å². The van der Waals surface area contributed by atoms with Gasteiger partial charge in [0.05, 0.1) is 27.7 Å². The van der Waals surface area contributed by atoms with Gasteiger partial charge < -0.3 is 14.6 Å². The van der Waals surface area contributed by atoms with Crippen molar-refractivity contribution in [2.45, 2.75) is 0 Å². The fraction of sp³-hybridized carbons (Fsp3) is 0.111. The Bertz CT molecular complexity index is 831. The Balaban J connectivity index is 2.34. The maximum Gasteiger partial charge on any atom is 0.341 e. The van der Waals surface area contributed by atoms with E-state index >= 15 is 0 Å². The quantitative estimate of drug-likeness (QED) is 0.491. The van der Waals surface area contributed by atoms with Gasteiger partial charge in [0.1, 0.15) is 11.5 Å². The van der Waals surface area contributed by atoms with Gasteiger partial charge in [0.2, 0.25) is 0 Å². The molecular formula is C18H13Br2NO4. The fourth-order valence-corrected chi connectivity index (χ4v) is 3.50. The highest BCUT2D eigenvalue weighted by Gasteiger charge is 2.11. The molecule has 0 unspecified atom stereocenters. The van der Waals surface area contributed by atoms with Crippen LogP contribution in [0.1, 0.15) is 11.1 Å². The second-order valence-corrected chi connectivity index (χ2v) is 6.60. The van der Waals surface area contributed by atoms with E-state index < -0.39 is 12.6 Å². The Labute approximate surface area is 161 Å². The molecule has 0 spiro atoms. The van der Waals surface area contributed by atoms with Gasteiger partial charge in [0, 0.05) is 0 Å². The molecule has 1 N–H and O–H groups in total. The zero-order valence-corrected chi connectivity index (χ0v) is 16.3. The average Bonchev–Trinajstić information content (AvgIpc) is 2.59. The Morgan fingerprint density at radius 2 is 1.84 bits per heavy atom. The molecule has 0 bridgehead atoms. The summed E-state index contributed by atoms with van der Waals surface area (Å²) in [4.78, 5) is 10.6. The van der Waals surface area contributed by atoms with E-state index in [4.69, 9.17) is 14.6 Å². The molecule has 2 aromatic rings. The van der Waals surface area contributed by atoms with Crippen molar-refractivity contribution in [2.75, 3.05) is 13.7 Å². The number of hydrogen-bond donors (Lipinski definition) is 1. The van der Waals surface area contributed by atoms with Crippen LogP contribution >= 0.6 is 31.9 Å². The lowest BCUT2D eigenvalue weighted by molar-refractivity contribution is -0.139. The van der Waals surface area contributed by atoms with Gasteiger partial charge in [-0.2, -0.15) is 5.26 Å². The third kappa shape index (κ3) is 5.08. The number of hydrogen-bond acceptors (Lipinski definition) is 4. The second-order valence-electron chi connectivity index (χ2n) is 4.89. The van der Waals surface area contributed by atoms with E-state index in [0.29, 0.717) is 26.0 Å². The van der Waals surface area contributed by atoms with Crippen LogP contribution in [-0.2, 0) is 4.79 Å². The van der Waals surface area contributed by atoms with Crippen molar-refractivity contribution in [3.05, 3.63) is 56.5 Å². The normalized spacial score (nSPS) is 10.9. The van der Waals surface area contributed by atoms with E-state index in [1.54, 1.807) is 37.5 Å². The van der Waals surface area contributed by atoms with Crippen molar-refractivity contribution in [3.63, 3.8) is 0 Å². The van der Waals surface area contributed by atoms with Crippen molar-refractivity contribution < 1.29 is 19.4 Å². The predicted octanol–water partition coefficient (Wildman–Crippen LogP) is 4.75. The highest BCUT2D eigenvalue weighted by atomic mass is 79.9. The van der Waals surface area contributed by atoms with Crippen LogP contribution in [-0.4, -0.2) is 24.8 Å². The molecular weight excluding hydrogens is 454 g/mol. The van der Waals surface area contributed by atoms with Crippen LogP contribution in [0.2, 0.25) is 0 Å². The summed E-state index contributed by atoms with van der Waals surface area (Å²) in [5.41, 5.74) is 2.01. The van der Waals surface area contributed by atoms with Gasteiger partial charge in [-0.1, -0.05) is 0 Å². The molecule has 0 heterocycles. The number of carboxylic acid groups (broad SMARTS) is 1. The SMILES string of the molecule is COc1ccc(/C(C#N)=C/c2cc(Br)c(OCC(=O)O)c(Br)c2)cc1. The monoisotopic (exact) mass is 465 g/mol. The highest BCUT2D eigenvalue weighted by molar-refractivity contribution is 9.11. The first-order chi connectivity index (χ1) is 11.9. The zero-order valence-electron chi connectivity index (χ0n) is 13.1. The number of benzene rings is 2. The molecule has 0 aromatic heterocycles. The summed E-state index contributed by atoms with van der Waals surface area (Å²) < 4.78 is 11.5. The van der Waals surface area contributed by atoms with Crippen molar-refractivity contribution in [2.24, 2.45) is 0 Å². The molecule has 0 aliphatic rings. The summed E-state index contributed by atoms with van der Waals surface area (Å²) >= 11 is 6.72. The van der Waals surface area contributed by atoms with E-state index in [2.05, 4.69) is 37.9 Å². The third-order valence-electron chi connectivity index (χ3n) is 3.19. The van der Waals surface area contributed by atoms with Crippen LogP contribution in [0, 0.1) is 11.3 Å². The van der Waals surface area contributed by atoms with Gasteiger partial charge in [-0.3, -0.25) is 0 Å². The van der Waals surface area contributed by atoms with Gasteiger partial charge in [-0.05, 0) is 85.5 Å². The maximum atomic E-state index is 10.6. The van der Waals surface area contributed by atoms with Crippen LogP contribution in [0.25, 0.3) is 11.6 Å². The lowest BCUT2D eigenvalue weighted by Crippen LogP contribution is -2.10. The zero-order chi connectivity index (χ0) is 18.4. The van der Waals surface area contributed by atoms with E-state index in [-0.39, 0.29) is 0 Å². The Kier molecular flexibility index (Phi) is 6.62. The standard InChI is InChI=1S/C18H13Br2NO4/c1-24-14-4-2-12(3-5-14)13(9-21)6-11-7-15(19)18(16(20)8-11)25-10-17(22)23/h2-8H,10H2,1H3,(H,22,23)/b13-6+. The Morgan fingerprint density at radius 1 is 1.24 bits per heavy atom. The molecule has 25 heavy (non-hydrogen) atoms. The van der Waals surface area contributed by atoms with Gasteiger partial charge in [-0.25, -0.2) is 4.79 Å². The molecule has 0 aliphatic carbocycles. The van der Waals surface area contributed by atoms with Crippen molar-refractivity contribution in [1.82, 2.24) is 0 Å². The third-order valence-corrected chi connectivity index (χ3v) is 4.37. The molecule has 0 atom stereocenters.